The Morgan fingerprint density at radius 3 is 2.57 bits per heavy atom. The van der Waals surface area contributed by atoms with Crippen LogP contribution in [-0.4, -0.2) is 32.3 Å². The smallest absolute Gasteiger partial charge is 0.329 e. The maximum absolute atomic E-state index is 13.7. The lowest BCUT2D eigenvalue weighted by Crippen LogP contribution is -2.52. The third-order valence-electron chi connectivity index (χ3n) is 4.14. The lowest BCUT2D eigenvalue weighted by Gasteiger charge is -2.24. The molecule has 1 saturated carbocycles. The molecule has 0 atom stereocenters. The number of hydrogen-bond donors (Lipinski definition) is 2. The van der Waals surface area contributed by atoms with Crippen LogP contribution in [-0.2, 0) is 4.79 Å². The number of carboxylic acid groups (broad SMARTS) is 1. The van der Waals surface area contributed by atoms with E-state index in [0.29, 0.717) is 12.8 Å². The molecule has 1 aliphatic carbocycles. The number of amides is 1. The van der Waals surface area contributed by atoms with Crippen LogP contribution in [0.15, 0.2) is 36.5 Å². The van der Waals surface area contributed by atoms with Gasteiger partial charge in [-0.15, -0.1) is 0 Å². The van der Waals surface area contributed by atoms with Gasteiger partial charge in [0, 0.05) is 6.20 Å². The molecular formula is C16H16FN3O3. The fraction of sp³-hybridized carbons (Fsp3) is 0.312. The molecule has 6 nitrogen and oxygen atoms in total. The highest BCUT2D eigenvalue weighted by molar-refractivity contribution is 5.96. The van der Waals surface area contributed by atoms with Crippen LogP contribution < -0.4 is 5.32 Å². The Balaban J connectivity index is 1.82. The molecule has 1 aromatic carbocycles. The molecule has 1 aliphatic rings. The number of benzene rings is 1. The zero-order valence-electron chi connectivity index (χ0n) is 12.3. The fourth-order valence-corrected chi connectivity index (χ4v) is 2.87. The summed E-state index contributed by atoms with van der Waals surface area (Å²) in [6, 6.07) is 7.51. The molecule has 7 heteroatoms. The van der Waals surface area contributed by atoms with Crippen molar-refractivity contribution in [2.45, 2.75) is 31.2 Å². The first-order valence-electron chi connectivity index (χ1n) is 7.38. The summed E-state index contributed by atoms with van der Waals surface area (Å²) in [5, 5.41) is 16.0. The zero-order chi connectivity index (χ0) is 16.4. The molecule has 3 rings (SSSR count). The van der Waals surface area contributed by atoms with Gasteiger partial charge in [-0.3, -0.25) is 4.79 Å². The van der Waals surface area contributed by atoms with E-state index in [-0.39, 0.29) is 11.4 Å². The molecule has 0 aliphatic heterocycles. The predicted molar refractivity (Wildman–Crippen MR) is 79.8 cm³/mol. The van der Waals surface area contributed by atoms with E-state index in [2.05, 4.69) is 10.4 Å². The summed E-state index contributed by atoms with van der Waals surface area (Å²) in [7, 11) is 0. The van der Waals surface area contributed by atoms with Crippen molar-refractivity contribution in [1.82, 2.24) is 15.1 Å². The summed E-state index contributed by atoms with van der Waals surface area (Å²) >= 11 is 0. The van der Waals surface area contributed by atoms with Gasteiger partial charge < -0.3 is 10.4 Å². The molecule has 120 valence electrons. The third-order valence-corrected chi connectivity index (χ3v) is 4.14. The van der Waals surface area contributed by atoms with E-state index in [1.165, 1.54) is 23.0 Å². The molecule has 0 spiro atoms. The topological polar surface area (TPSA) is 84.2 Å². The first kappa shape index (κ1) is 15.2. The minimum atomic E-state index is -1.22. The number of carbonyl (C=O) groups is 2. The quantitative estimate of drug-likeness (QED) is 0.905. The number of rotatable bonds is 4. The van der Waals surface area contributed by atoms with Crippen molar-refractivity contribution >= 4 is 11.9 Å². The van der Waals surface area contributed by atoms with Gasteiger partial charge in [-0.2, -0.15) is 5.10 Å². The molecule has 0 bridgehead atoms. The van der Waals surface area contributed by atoms with Crippen LogP contribution in [0, 0.1) is 5.82 Å². The maximum atomic E-state index is 13.7. The van der Waals surface area contributed by atoms with Crippen LogP contribution in [0.5, 0.6) is 0 Å². The Labute approximate surface area is 131 Å². The summed E-state index contributed by atoms with van der Waals surface area (Å²) in [6.07, 6.45) is 3.80. The number of para-hydroxylation sites is 1. The summed E-state index contributed by atoms with van der Waals surface area (Å²) in [5.41, 5.74) is -0.945. The van der Waals surface area contributed by atoms with Crippen LogP contribution in [0.1, 0.15) is 36.2 Å². The summed E-state index contributed by atoms with van der Waals surface area (Å²) in [5.74, 6) is -2.05. The molecule has 0 saturated heterocycles. The molecule has 0 radical (unpaired) electrons. The highest BCUT2D eigenvalue weighted by atomic mass is 19.1. The van der Waals surface area contributed by atoms with Crippen molar-refractivity contribution in [2.24, 2.45) is 0 Å². The first-order chi connectivity index (χ1) is 11.0. The minimum absolute atomic E-state index is 0.0563. The summed E-state index contributed by atoms with van der Waals surface area (Å²) in [6.45, 7) is 0. The lowest BCUT2D eigenvalue weighted by molar-refractivity contribution is -0.144. The number of carbonyl (C=O) groups excluding carboxylic acids is 1. The van der Waals surface area contributed by atoms with E-state index < -0.39 is 23.2 Å². The summed E-state index contributed by atoms with van der Waals surface area (Å²) in [4.78, 5) is 23.8. The fourth-order valence-electron chi connectivity index (χ4n) is 2.87. The molecule has 1 fully saturated rings. The standard InChI is InChI=1S/C16H16FN3O3/c17-11-5-1-2-6-13(11)20-10-7-12(19-20)14(21)18-16(15(22)23)8-3-4-9-16/h1-2,5-7,10H,3-4,8-9H2,(H,18,21)(H,22,23). The van der Waals surface area contributed by atoms with Gasteiger partial charge in [-0.1, -0.05) is 25.0 Å². The van der Waals surface area contributed by atoms with Gasteiger partial charge in [0.05, 0.1) is 0 Å². The summed E-state index contributed by atoms with van der Waals surface area (Å²) < 4.78 is 15.0. The minimum Gasteiger partial charge on any atom is -0.480 e. The van der Waals surface area contributed by atoms with Gasteiger partial charge in [0.15, 0.2) is 5.69 Å². The van der Waals surface area contributed by atoms with E-state index >= 15 is 0 Å². The Bertz CT molecular complexity index is 751. The second-order valence-corrected chi connectivity index (χ2v) is 5.65. The number of nitrogens with zero attached hydrogens (tertiary/aromatic N) is 2. The Morgan fingerprint density at radius 1 is 1.22 bits per heavy atom. The number of aromatic nitrogens is 2. The van der Waals surface area contributed by atoms with Crippen LogP contribution in [0.4, 0.5) is 4.39 Å². The SMILES string of the molecule is O=C(NC1(C(=O)O)CCCC1)c1ccn(-c2ccccc2F)n1. The number of nitrogens with one attached hydrogen (secondary N) is 1. The average Bonchev–Trinajstić information content (AvgIpc) is 3.17. The molecule has 2 aromatic rings. The van der Waals surface area contributed by atoms with Crippen molar-refractivity contribution in [3.05, 3.63) is 48.0 Å². The second kappa shape index (κ2) is 5.83. The lowest BCUT2D eigenvalue weighted by atomic mass is 9.97. The zero-order valence-corrected chi connectivity index (χ0v) is 12.3. The molecule has 0 unspecified atom stereocenters. The van der Waals surface area contributed by atoms with E-state index in [4.69, 9.17) is 0 Å². The maximum Gasteiger partial charge on any atom is 0.329 e. The Morgan fingerprint density at radius 2 is 1.91 bits per heavy atom. The number of halogens is 1. The van der Waals surface area contributed by atoms with Gasteiger partial charge in [0.1, 0.15) is 17.0 Å². The van der Waals surface area contributed by atoms with Crippen molar-refractivity contribution in [1.29, 1.82) is 0 Å². The van der Waals surface area contributed by atoms with Gasteiger partial charge in [0.2, 0.25) is 0 Å². The van der Waals surface area contributed by atoms with Crippen LogP contribution in [0.3, 0.4) is 0 Å². The van der Waals surface area contributed by atoms with Crippen molar-refractivity contribution in [3.8, 4) is 5.69 Å². The van der Waals surface area contributed by atoms with Gasteiger partial charge in [0.25, 0.3) is 5.91 Å². The second-order valence-electron chi connectivity index (χ2n) is 5.65. The largest absolute Gasteiger partial charge is 0.480 e. The van der Waals surface area contributed by atoms with Crippen molar-refractivity contribution in [3.63, 3.8) is 0 Å². The van der Waals surface area contributed by atoms with E-state index in [0.717, 1.165) is 12.8 Å². The van der Waals surface area contributed by atoms with E-state index in [1.54, 1.807) is 18.2 Å². The van der Waals surface area contributed by atoms with Crippen LogP contribution in [0.2, 0.25) is 0 Å². The van der Waals surface area contributed by atoms with Crippen molar-refractivity contribution in [2.75, 3.05) is 0 Å². The van der Waals surface area contributed by atoms with Crippen LogP contribution in [0.25, 0.3) is 5.69 Å². The highest BCUT2D eigenvalue weighted by Gasteiger charge is 2.43. The molecule has 1 amide bonds. The number of hydrogen-bond acceptors (Lipinski definition) is 3. The van der Waals surface area contributed by atoms with Gasteiger partial charge in [-0.25, -0.2) is 13.9 Å². The molecule has 23 heavy (non-hydrogen) atoms. The van der Waals surface area contributed by atoms with E-state index in [1.807, 2.05) is 0 Å². The molecule has 1 heterocycles. The molecular weight excluding hydrogens is 301 g/mol. The molecule has 1 aromatic heterocycles. The van der Waals surface area contributed by atoms with E-state index in [9.17, 15) is 19.1 Å². The number of carboxylic acids is 1. The Kier molecular flexibility index (Phi) is 3.85. The third kappa shape index (κ3) is 2.81. The van der Waals surface area contributed by atoms with Crippen LogP contribution >= 0.6 is 0 Å². The predicted octanol–water partition coefficient (Wildman–Crippen LogP) is 2.14. The highest BCUT2D eigenvalue weighted by Crippen LogP contribution is 2.30. The normalized spacial score (nSPS) is 16.2. The first-order valence-corrected chi connectivity index (χ1v) is 7.38. The van der Waals surface area contributed by atoms with Gasteiger partial charge >= 0.3 is 5.97 Å². The molecule has 2 N–H and O–H groups in total. The average molecular weight is 317 g/mol. The number of aliphatic carboxylic acids is 1. The Hall–Kier alpha value is -2.70. The van der Waals surface area contributed by atoms with Crippen molar-refractivity contribution < 1.29 is 19.1 Å². The van der Waals surface area contributed by atoms with Gasteiger partial charge in [-0.05, 0) is 31.0 Å². The monoisotopic (exact) mass is 317 g/mol.